The van der Waals surface area contributed by atoms with Crippen LogP contribution in [0.25, 0.3) is 11.4 Å². The summed E-state index contributed by atoms with van der Waals surface area (Å²) in [7, 11) is 3.60. The van der Waals surface area contributed by atoms with Gasteiger partial charge in [0.1, 0.15) is 5.82 Å². The maximum atomic E-state index is 12.4. The molecule has 0 unspecified atom stereocenters. The van der Waals surface area contributed by atoms with E-state index in [1.165, 1.54) is 11.1 Å². The average Bonchev–Trinajstić information content (AvgIpc) is 2.80. The van der Waals surface area contributed by atoms with E-state index < -0.39 is 0 Å². The zero-order valence-corrected chi connectivity index (χ0v) is 19.4. The summed E-state index contributed by atoms with van der Waals surface area (Å²) in [5, 5.41) is 0. The molecule has 0 N–H and O–H groups in total. The van der Waals surface area contributed by atoms with Gasteiger partial charge in [0.15, 0.2) is 5.82 Å². The maximum Gasteiger partial charge on any atom is 0.319 e. The number of aromatic nitrogens is 2. The van der Waals surface area contributed by atoms with Gasteiger partial charge < -0.3 is 14.7 Å². The molecular formula is C26H31N5O. The highest BCUT2D eigenvalue weighted by molar-refractivity contribution is 5.74. The largest absolute Gasteiger partial charge is 0.353 e. The first-order valence-electron chi connectivity index (χ1n) is 11.1. The molecule has 2 aromatic carbocycles. The lowest BCUT2D eigenvalue weighted by atomic mass is 10.0. The summed E-state index contributed by atoms with van der Waals surface area (Å²) >= 11 is 0. The molecule has 0 bridgehead atoms. The molecule has 4 rings (SSSR count). The quantitative estimate of drug-likeness (QED) is 0.625. The second kappa shape index (κ2) is 9.39. The smallest absolute Gasteiger partial charge is 0.319 e. The summed E-state index contributed by atoms with van der Waals surface area (Å²) < 4.78 is 0. The fourth-order valence-electron chi connectivity index (χ4n) is 4.18. The third-order valence-electron chi connectivity index (χ3n) is 5.92. The predicted octanol–water partition coefficient (Wildman–Crippen LogP) is 4.15. The van der Waals surface area contributed by atoms with Crippen LogP contribution in [0.2, 0.25) is 0 Å². The van der Waals surface area contributed by atoms with E-state index in [-0.39, 0.29) is 6.03 Å². The molecule has 1 fully saturated rings. The van der Waals surface area contributed by atoms with Crippen molar-refractivity contribution in [1.29, 1.82) is 0 Å². The van der Waals surface area contributed by atoms with Gasteiger partial charge in [0.2, 0.25) is 0 Å². The number of carbonyl (C=O) groups excluding carboxylic acids is 1. The Bertz CT molecular complexity index is 1090. The van der Waals surface area contributed by atoms with E-state index in [2.05, 4.69) is 43.0 Å². The summed E-state index contributed by atoms with van der Waals surface area (Å²) in [6, 6.07) is 18.8. The van der Waals surface area contributed by atoms with Crippen molar-refractivity contribution in [3.63, 3.8) is 0 Å². The van der Waals surface area contributed by atoms with Crippen molar-refractivity contribution in [2.75, 3.05) is 45.2 Å². The summed E-state index contributed by atoms with van der Waals surface area (Å²) in [5.74, 6) is 1.73. The lowest BCUT2D eigenvalue weighted by molar-refractivity contribution is 0.168. The van der Waals surface area contributed by atoms with Crippen LogP contribution < -0.4 is 4.90 Å². The number of rotatable bonds is 4. The van der Waals surface area contributed by atoms with Crippen molar-refractivity contribution < 1.29 is 4.79 Å². The Kier molecular flexibility index (Phi) is 6.40. The number of aryl methyl sites for hydroxylation is 2. The van der Waals surface area contributed by atoms with Crippen molar-refractivity contribution in [2.45, 2.75) is 20.3 Å². The molecule has 0 atom stereocenters. The molecule has 32 heavy (non-hydrogen) atoms. The van der Waals surface area contributed by atoms with Crippen LogP contribution in [0.3, 0.4) is 0 Å². The molecule has 1 aliphatic heterocycles. The molecular weight excluding hydrogens is 398 g/mol. The third-order valence-corrected chi connectivity index (χ3v) is 5.92. The zero-order valence-electron chi connectivity index (χ0n) is 19.4. The molecule has 1 saturated heterocycles. The molecule has 0 radical (unpaired) electrons. The van der Waals surface area contributed by atoms with E-state index in [1.807, 2.05) is 35.2 Å². The van der Waals surface area contributed by atoms with Crippen molar-refractivity contribution in [3.05, 3.63) is 77.0 Å². The Morgan fingerprint density at radius 3 is 2.31 bits per heavy atom. The van der Waals surface area contributed by atoms with Crippen LogP contribution in [0.15, 0.2) is 54.6 Å². The number of hydrogen-bond donors (Lipinski definition) is 0. The van der Waals surface area contributed by atoms with Gasteiger partial charge in [-0.15, -0.1) is 0 Å². The fraction of sp³-hybridized carbons (Fsp3) is 0.346. The van der Waals surface area contributed by atoms with E-state index in [0.717, 1.165) is 48.0 Å². The Morgan fingerprint density at radius 1 is 0.938 bits per heavy atom. The van der Waals surface area contributed by atoms with Gasteiger partial charge in [-0.2, -0.15) is 0 Å². The number of benzene rings is 2. The second-order valence-electron chi connectivity index (χ2n) is 8.62. The molecule has 1 aliphatic rings. The van der Waals surface area contributed by atoms with E-state index in [4.69, 9.17) is 9.97 Å². The number of anilines is 1. The summed E-state index contributed by atoms with van der Waals surface area (Å²) in [5.41, 5.74) is 5.68. The van der Waals surface area contributed by atoms with Crippen LogP contribution in [-0.2, 0) is 6.42 Å². The summed E-state index contributed by atoms with van der Waals surface area (Å²) in [4.78, 5) is 28.2. The van der Waals surface area contributed by atoms with Crippen molar-refractivity contribution >= 4 is 11.8 Å². The Labute approximate surface area is 190 Å². The number of nitrogens with zero attached hydrogens (tertiary/aromatic N) is 5. The number of piperazine rings is 1. The first kappa shape index (κ1) is 21.8. The number of urea groups is 1. The number of carbonyl (C=O) groups is 1. The van der Waals surface area contributed by atoms with E-state index in [1.54, 1.807) is 19.0 Å². The van der Waals surface area contributed by atoms with Gasteiger partial charge in [0.25, 0.3) is 0 Å². The average molecular weight is 430 g/mol. The molecule has 2 heterocycles. The van der Waals surface area contributed by atoms with Crippen molar-refractivity contribution in [1.82, 2.24) is 19.8 Å². The number of hydrogen-bond acceptors (Lipinski definition) is 4. The summed E-state index contributed by atoms with van der Waals surface area (Å²) in [6.45, 7) is 7.08. The van der Waals surface area contributed by atoms with Crippen LogP contribution in [0.1, 0.15) is 22.4 Å². The minimum Gasteiger partial charge on any atom is -0.353 e. The molecule has 0 spiro atoms. The monoisotopic (exact) mass is 429 g/mol. The number of amides is 2. The molecule has 6 heteroatoms. The normalized spacial score (nSPS) is 13.9. The molecule has 0 aliphatic carbocycles. The van der Waals surface area contributed by atoms with Gasteiger partial charge >= 0.3 is 6.03 Å². The molecule has 1 aromatic heterocycles. The second-order valence-corrected chi connectivity index (χ2v) is 8.62. The van der Waals surface area contributed by atoms with E-state index >= 15 is 0 Å². The lowest BCUT2D eigenvalue weighted by Crippen LogP contribution is -2.52. The van der Waals surface area contributed by atoms with Gasteiger partial charge in [-0.3, -0.25) is 0 Å². The zero-order chi connectivity index (χ0) is 22.7. The highest BCUT2D eigenvalue weighted by Crippen LogP contribution is 2.28. The molecule has 166 valence electrons. The SMILES string of the molecule is Cc1cccc(Cc2c(C)nc(-c3ccccc3)nc2N2CCN(C(=O)N(C)C)CC2)c1. The predicted molar refractivity (Wildman–Crippen MR) is 129 cm³/mol. The molecule has 3 aromatic rings. The standard InChI is InChI=1S/C26H31N5O/c1-19-9-8-10-21(17-19)18-23-20(2)27-24(22-11-6-5-7-12-22)28-25(23)30-13-15-31(16-14-30)26(32)29(3)4/h5-12,17H,13-16,18H2,1-4H3. The van der Waals surface area contributed by atoms with Gasteiger partial charge in [0.05, 0.1) is 0 Å². The van der Waals surface area contributed by atoms with Crippen LogP contribution in [0.4, 0.5) is 10.6 Å². The minimum absolute atomic E-state index is 0.0634. The highest BCUT2D eigenvalue weighted by atomic mass is 16.2. The Hall–Kier alpha value is -3.41. The Balaban J connectivity index is 1.69. The molecule has 6 nitrogen and oxygen atoms in total. The van der Waals surface area contributed by atoms with Gasteiger partial charge in [0, 0.05) is 63.5 Å². The Morgan fingerprint density at radius 2 is 1.66 bits per heavy atom. The van der Waals surface area contributed by atoms with E-state index in [9.17, 15) is 4.79 Å². The third kappa shape index (κ3) is 4.74. The van der Waals surface area contributed by atoms with Crippen molar-refractivity contribution in [3.8, 4) is 11.4 Å². The fourth-order valence-corrected chi connectivity index (χ4v) is 4.18. The van der Waals surface area contributed by atoms with E-state index in [0.29, 0.717) is 13.1 Å². The van der Waals surface area contributed by atoms with Crippen LogP contribution in [0.5, 0.6) is 0 Å². The highest BCUT2D eigenvalue weighted by Gasteiger charge is 2.26. The van der Waals surface area contributed by atoms with Crippen LogP contribution in [-0.4, -0.2) is 66.1 Å². The van der Waals surface area contributed by atoms with Crippen molar-refractivity contribution in [2.24, 2.45) is 0 Å². The first-order chi connectivity index (χ1) is 15.4. The topological polar surface area (TPSA) is 52.6 Å². The minimum atomic E-state index is 0.0634. The molecule has 2 amide bonds. The lowest BCUT2D eigenvalue weighted by Gasteiger charge is -2.37. The first-order valence-corrected chi connectivity index (χ1v) is 11.1. The van der Waals surface area contributed by atoms with Crippen LogP contribution in [0, 0.1) is 13.8 Å². The molecule has 0 saturated carbocycles. The van der Waals surface area contributed by atoms with Gasteiger partial charge in [-0.1, -0.05) is 60.2 Å². The van der Waals surface area contributed by atoms with Crippen LogP contribution >= 0.6 is 0 Å². The summed E-state index contributed by atoms with van der Waals surface area (Å²) in [6.07, 6.45) is 0.786. The van der Waals surface area contributed by atoms with Gasteiger partial charge in [-0.05, 0) is 19.4 Å². The maximum absolute atomic E-state index is 12.4. The van der Waals surface area contributed by atoms with Gasteiger partial charge in [-0.25, -0.2) is 14.8 Å².